The molecule has 0 spiro atoms. The first-order chi connectivity index (χ1) is 9.97. The fraction of sp³-hybridized carbons (Fsp3) is 0.667. The third-order valence-corrected chi connectivity index (χ3v) is 4.34. The van der Waals surface area contributed by atoms with Crippen LogP contribution in [0.5, 0.6) is 0 Å². The predicted octanol–water partition coefficient (Wildman–Crippen LogP) is 2.02. The molecule has 0 saturated carbocycles. The minimum atomic E-state index is -0.378. The van der Waals surface area contributed by atoms with E-state index in [1.54, 1.807) is 11.1 Å². The molecule has 114 valence electrons. The van der Waals surface area contributed by atoms with Crippen LogP contribution in [0.25, 0.3) is 0 Å². The minimum Gasteiger partial charge on any atom is -0.447 e. The van der Waals surface area contributed by atoms with Gasteiger partial charge in [-0.3, -0.25) is 9.88 Å². The van der Waals surface area contributed by atoms with Crippen LogP contribution in [0.2, 0.25) is 0 Å². The summed E-state index contributed by atoms with van der Waals surface area (Å²) in [5.74, 6) is 1.02. The third kappa shape index (κ3) is 2.72. The van der Waals surface area contributed by atoms with Gasteiger partial charge in [-0.05, 0) is 46.8 Å². The van der Waals surface area contributed by atoms with Crippen molar-refractivity contribution in [1.82, 2.24) is 14.9 Å². The van der Waals surface area contributed by atoms with Crippen LogP contribution in [0.3, 0.4) is 0 Å². The molecule has 0 radical (unpaired) electrons. The Kier molecular flexibility index (Phi) is 3.57. The average Bonchev–Trinajstić information content (AvgIpc) is 2.73. The van der Waals surface area contributed by atoms with Crippen molar-refractivity contribution in [2.75, 3.05) is 31.6 Å². The second kappa shape index (κ2) is 5.26. The third-order valence-electron chi connectivity index (χ3n) is 4.34. The van der Waals surface area contributed by atoms with Gasteiger partial charge in [0.05, 0.1) is 17.4 Å². The Morgan fingerprint density at radius 2 is 2.00 bits per heavy atom. The molecule has 1 aromatic rings. The van der Waals surface area contributed by atoms with Crippen molar-refractivity contribution in [3.63, 3.8) is 0 Å². The maximum absolute atomic E-state index is 12.0. The Morgan fingerprint density at radius 1 is 1.29 bits per heavy atom. The lowest BCUT2D eigenvalue weighted by atomic mass is 9.94. The highest BCUT2D eigenvalue weighted by molar-refractivity contribution is 5.90. The summed E-state index contributed by atoms with van der Waals surface area (Å²) < 4.78 is 5.15. The molecule has 0 aliphatic carbocycles. The van der Waals surface area contributed by atoms with E-state index in [4.69, 9.17) is 9.72 Å². The van der Waals surface area contributed by atoms with Gasteiger partial charge in [0.1, 0.15) is 6.61 Å². The van der Waals surface area contributed by atoms with E-state index in [1.807, 2.05) is 20.0 Å². The van der Waals surface area contributed by atoms with Crippen molar-refractivity contribution in [3.05, 3.63) is 18.1 Å². The summed E-state index contributed by atoms with van der Waals surface area (Å²) in [6, 6.07) is 0. The summed E-state index contributed by atoms with van der Waals surface area (Å²) in [4.78, 5) is 24.9. The number of anilines is 1. The molecule has 6 heteroatoms. The van der Waals surface area contributed by atoms with Gasteiger partial charge in [-0.15, -0.1) is 0 Å². The summed E-state index contributed by atoms with van der Waals surface area (Å²) in [6.45, 7) is 6.48. The number of ether oxygens (including phenoxy) is 1. The molecule has 0 aromatic carbocycles. The highest BCUT2D eigenvalue weighted by Crippen LogP contribution is 2.31. The maximum atomic E-state index is 12.0. The molecule has 21 heavy (non-hydrogen) atoms. The molecule has 1 aromatic heterocycles. The van der Waals surface area contributed by atoms with Crippen LogP contribution < -0.4 is 4.90 Å². The standard InChI is InChI=1S/C15H22N4O2/c1-15(2)10-21-14(20)19(15)13-9-16-8-12(17-13)11-4-6-18(3)7-5-11/h8-9,11H,4-7,10H2,1-3H3. The van der Waals surface area contributed by atoms with Gasteiger partial charge in [0.25, 0.3) is 0 Å². The Balaban J connectivity index is 1.85. The van der Waals surface area contributed by atoms with Gasteiger partial charge in [-0.1, -0.05) is 0 Å². The number of aromatic nitrogens is 2. The van der Waals surface area contributed by atoms with E-state index in [1.165, 1.54) is 0 Å². The number of piperidine rings is 1. The number of cyclic esters (lactones) is 1. The van der Waals surface area contributed by atoms with E-state index < -0.39 is 0 Å². The fourth-order valence-corrected chi connectivity index (χ4v) is 3.00. The molecule has 0 unspecified atom stereocenters. The fourth-order valence-electron chi connectivity index (χ4n) is 3.00. The lowest BCUT2D eigenvalue weighted by Gasteiger charge is -2.30. The Morgan fingerprint density at radius 3 is 2.62 bits per heavy atom. The molecule has 2 aliphatic rings. The Bertz CT molecular complexity index is 538. The molecular weight excluding hydrogens is 268 g/mol. The first-order valence-corrected chi connectivity index (χ1v) is 7.45. The molecule has 1 amide bonds. The minimum absolute atomic E-state index is 0.338. The van der Waals surface area contributed by atoms with Crippen LogP contribution in [-0.4, -0.2) is 53.2 Å². The van der Waals surface area contributed by atoms with E-state index >= 15 is 0 Å². The summed E-state index contributed by atoms with van der Waals surface area (Å²) in [5.41, 5.74) is 0.605. The number of rotatable bonds is 2. The second-order valence-corrected chi connectivity index (χ2v) is 6.58. The monoisotopic (exact) mass is 290 g/mol. The van der Waals surface area contributed by atoms with Crippen LogP contribution in [0.15, 0.2) is 12.4 Å². The van der Waals surface area contributed by atoms with Gasteiger partial charge in [-0.25, -0.2) is 9.78 Å². The van der Waals surface area contributed by atoms with E-state index in [0.717, 1.165) is 31.6 Å². The van der Waals surface area contributed by atoms with Gasteiger partial charge >= 0.3 is 6.09 Å². The quantitative estimate of drug-likeness (QED) is 0.834. The van der Waals surface area contributed by atoms with Gasteiger partial charge in [0, 0.05) is 12.1 Å². The van der Waals surface area contributed by atoms with Gasteiger partial charge < -0.3 is 9.64 Å². The van der Waals surface area contributed by atoms with Crippen molar-refractivity contribution in [2.24, 2.45) is 0 Å². The first-order valence-electron chi connectivity index (χ1n) is 7.45. The number of hydrogen-bond acceptors (Lipinski definition) is 5. The van der Waals surface area contributed by atoms with Crippen molar-refractivity contribution in [1.29, 1.82) is 0 Å². The van der Waals surface area contributed by atoms with Crippen LogP contribution in [0.1, 0.15) is 38.3 Å². The molecule has 3 rings (SSSR count). The van der Waals surface area contributed by atoms with Crippen molar-refractivity contribution >= 4 is 11.9 Å². The van der Waals surface area contributed by atoms with Gasteiger partial charge in [-0.2, -0.15) is 0 Å². The molecular formula is C15H22N4O2. The molecule has 2 aliphatic heterocycles. The molecule has 0 N–H and O–H groups in total. The summed E-state index contributed by atoms with van der Waals surface area (Å²) in [6.07, 6.45) is 5.31. The lowest BCUT2D eigenvalue weighted by Crippen LogP contribution is -2.42. The van der Waals surface area contributed by atoms with Crippen molar-refractivity contribution in [2.45, 2.75) is 38.1 Å². The molecule has 2 saturated heterocycles. The lowest BCUT2D eigenvalue weighted by molar-refractivity contribution is 0.175. The van der Waals surface area contributed by atoms with E-state index in [9.17, 15) is 4.79 Å². The van der Waals surface area contributed by atoms with Crippen LogP contribution in [0.4, 0.5) is 10.6 Å². The molecule has 6 nitrogen and oxygen atoms in total. The van der Waals surface area contributed by atoms with E-state index in [2.05, 4.69) is 16.9 Å². The Labute approximate surface area is 125 Å². The first kappa shape index (κ1) is 14.3. The number of carbonyl (C=O) groups excluding carboxylic acids is 1. The predicted molar refractivity (Wildman–Crippen MR) is 79.4 cm³/mol. The van der Waals surface area contributed by atoms with Crippen LogP contribution in [0, 0.1) is 0 Å². The van der Waals surface area contributed by atoms with Crippen LogP contribution >= 0.6 is 0 Å². The zero-order chi connectivity index (χ0) is 15.0. The summed E-state index contributed by atoms with van der Waals surface area (Å²) in [5, 5.41) is 0. The molecule has 0 bridgehead atoms. The second-order valence-electron chi connectivity index (χ2n) is 6.58. The summed E-state index contributed by atoms with van der Waals surface area (Å²) >= 11 is 0. The van der Waals surface area contributed by atoms with Gasteiger partial charge in [0.2, 0.25) is 0 Å². The highest BCUT2D eigenvalue weighted by atomic mass is 16.6. The van der Waals surface area contributed by atoms with E-state index in [-0.39, 0.29) is 11.6 Å². The molecule has 3 heterocycles. The zero-order valence-corrected chi connectivity index (χ0v) is 12.9. The number of likely N-dealkylation sites (tertiary alicyclic amines) is 1. The largest absolute Gasteiger partial charge is 0.447 e. The maximum Gasteiger partial charge on any atom is 0.416 e. The van der Waals surface area contributed by atoms with Gasteiger partial charge in [0.15, 0.2) is 5.82 Å². The van der Waals surface area contributed by atoms with Crippen molar-refractivity contribution in [3.8, 4) is 0 Å². The normalized spacial score (nSPS) is 23.4. The number of hydrogen-bond donors (Lipinski definition) is 0. The molecule has 0 atom stereocenters. The smallest absolute Gasteiger partial charge is 0.416 e. The number of carbonyl (C=O) groups is 1. The summed E-state index contributed by atoms with van der Waals surface area (Å²) in [7, 11) is 2.14. The SMILES string of the molecule is CN1CCC(c2cncc(N3C(=O)OCC3(C)C)n2)CC1. The topological polar surface area (TPSA) is 58.6 Å². The number of amides is 1. The zero-order valence-electron chi connectivity index (χ0n) is 12.9. The number of nitrogens with zero attached hydrogens (tertiary/aromatic N) is 4. The van der Waals surface area contributed by atoms with Crippen molar-refractivity contribution < 1.29 is 9.53 Å². The van der Waals surface area contributed by atoms with Crippen LogP contribution in [-0.2, 0) is 4.74 Å². The van der Waals surface area contributed by atoms with E-state index in [0.29, 0.717) is 18.3 Å². The Hall–Kier alpha value is -1.69. The highest BCUT2D eigenvalue weighted by Gasteiger charge is 2.42. The average molecular weight is 290 g/mol. The molecule has 2 fully saturated rings.